The van der Waals surface area contributed by atoms with Crippen LogP contribution in [0.3, 0.4) is 0 Å². The topological polar surface area (TPSA) is 18.5 Å². The summed E-state index contributed by atoms with van der Waals surface area (Å²) >= 11 is 4.61. The summed E-state index contributed by atoms with van der Waals surface area (Å²) in [4.78, 5) is 0. The monoisotopic (exact) mass is 178 g/mol. The largest absolute Gasteiger partial charge is 0.481 e. The fourth-order valence-corrected chi connectivity index (χ4v) is 1.11. The number of hydrogen-bond donors (Lipinski definition) is 0. The zero-order valence-electron chi connectivity index (χ0n) is 6.24. The van der Waals surface area contributed by atoms with Gasteiger partial charge in [-0.15, -0.1) is 0 Å². The van der Waals surface area contributed by atoms with Crippen molar-refractivity contribution in [3.63, 3.8) is 0 Å². The molecule has 1 aromatic carbocycles. The zero-order chi connectivity index (χ0) is 8.39. The highest BCUT2D eigenvalue weighted by Crippen LogP contribution is 2.31. The van der Waals surface area contributed by atoms with Gasteiger partial charge in [-0.05, 0) is 29.4 Å². The van der Waals surface area contributed by atoms with E-state index in [1.54, 1.807) is 0 Å². The minimum Gasteiger partial charge on any atom is -0.481 e. The molecule has 3 heteroatoms. The van der Waals surface area contributed by atoms with Crippen molar-refractivity contribution >= 4 is 17.2 Å². The Hall–Kier alpha value is -1.31. The van der Waals surface area contributed by atoms with Crippen molar-refractivity contribution in [1.82, 2.24) is 0 Å². The highest BCUT2D eigenvalue weighted by atomic mass is 32.1. The van der Waals surface area contributed by atoms with Crippen molar-refractivity contribution in [3.8, 4) is 11.5 Å². The summed E-state index contributed by atoms with van der Waals surface area (Å²) in [6.45, 7) is 0.376. The van der Waals surface area contributed by atoms with Gasteiger partial charge < -0.3 is 9.47 Å². The molecule has 0 aliphatic carbocycles. The molecule has 0 amide bonds. The van der Waals surface area contributed by atoms with Crippen LogP contribution in [-0.4, -0.2) is 11.6 Å². The van der Waals surface area contributed by atoms with Crippen LogP contribution in [0.1, 0.15) is 0 Å². The van der Waals surface area contributed by atoms with Crippen LogP contribution in [0.25, 0.3) is 0 Å². The van der Waals surface area contributed by atoms with E-state index in [1.807, 2.05) is 24.3 Å². The van der Waals surface area contributed by atoms with E-state index in [9.17, 15) is 0 Å². The van der Waals surface area contributed by atoms with Crippen LogP contribution < -0.4 is 9.47 Å². The first-order valence-electron chi connectivity index (χ1n) is 3.54. The third kappa shape index (κ3) is 1.20. The van der Waals surface area contributed by atoms with Gasteiger partial charge >= 0.3 is 0 Å². The normalized spacial score (nSPS) is 13.8. The molecular formula is C9H6O2S. The Kier molecular flexibility index (Phi) is 1.82. The van der Waals surface area contributed by atoms with Gasteiger partial charge in [0.05, 0.1) is 0 Å². The van der Waals surface area contributed by atoms with Gasteiger partial charge in [0.15, 0.2) is 23.9 Å². The van der Waals surface area contributed by atoms with Gasteiger partial charge in [0.25, 0.3) is 0 Å². The van der Waals surface area contributed by atoms with Crippen LogP contribution in [0.4, 0.5) is 0 Å². The molecule has 2 nitrogen and oxygen atoms in total. The highest BCUT2D eigenvalue weighted by Gasteiger charge is 2.13. The molecule has 1 aromatic rings. The fraction of sp³-hybridized carbons (Fsp3) is 0.111. The molecule has 12 heavy (non-hydrogen) atoms. The van der Waals surface area contributed by atoms with Gasteiger partial charge in [-0.1, -0.05) is 12.1 Å². The smallest absolute Gasteiger partial charge is 0.195 e. The molecule has 0 spiro atoms. The second-order valence-corrected chi connectivity index (χ2v) is 2.57. The Balaban J connectivity index is 2.41. The predicted octanol–water partition coefficient (Wildman–Crippen LogP) is 1.94. The van der Waals surface area contributed by atoms with Gasteiger partial charge in [0.2, 0.25) is 0 Å². The molecule has 1 aliphatic heterocycles. The number of fused-ring (bicyclic) bond motifs is 1. The molecule has 0 aromatic heterocycles. The molecule has 1 heterocycles. The molecule has 0 N–H and O–H groups in total. The van der Waals surface area contributed by atoms with Crippen molar-refractivity contribution in [2.24, 2.45) is 0 Å². The predicted molar refractivity (Wildman–Crippen MR) is 48.7 cm³/mol. The summed E-state index contributed by atoms with van der Waals surface area (Å²) in [6, 6.07) is 7.47. The average molecular weight is 178 g/mol. The van der Waals surface area contributed by atoms with Crippen molar-refractivity contribution in [2.75, 3.05) is 6.61 Å². The van der Waals surface area contributed by atoms with Crippen LogP contribution in [-0.2, 0) is 0 Å². The van der Waals surface area contributed by atoms with E-state index >= 15 is 0 Å². The van der Waals surface area contributed by atoms with Crippen LogP contribution in [0.5, 0.6) is 11.5 Å². The number of rotatable bonds is 0. The van der Waals surface area contributed by atoms with E-state index in [0.717, 1.165) is 5.75 Å². The lowest BCUT2D eigenvalue weighted by Crippen LogP contribution is -2.13. The van der Waals surface area contributed by atoms with Crippen molar-refractivity contribution in [3.05, 3.63) is 30.0 Å². The number of hydrogen-bond acceptors (Lipinski definition) is 3. The Morgan fingerprint density at radius 1 is 1.25 bits per heavy atom. The van der Waals surface area contributed by atoms with Gasteiger partial charge in [-0.25, -0.2) is 0 Å². The molecule has 0 fully saturated rings. The lowest BCUT2D eigenvalue weighted by Gasteiger charge is -2.17. The number of benzene rings is 1. The molecule has 0 saturated carbocycles. The summed E-state index contributed by atoms with van der Waals surface area (Å²) in [7, 11) is 0. The fourth-order valence-electron chi connectivity index (χ4n) is 1.01. The number of thiocarbonyl (C=S) groups is 1. The molecule has 0 radical (unpaired) electrons. The molecule has 2 rings (SSSR count). The maximum atomic E-state index is 5.36. The molecule has 0 atom stereocenters. The first kappa shape index (κ1) is 7.35. The first-order chi connectivity index (χ1) is 5.90. The summed E-state index contributed by atoms with van der Waals surface area (Å²) in [5, 5.41) is 2.50. The maximum absolute atomic E-state index is 5.36. The zero-order valence-corrected chi connectivity index (χ0v) is 7.06. The van der Waals surface area contributed by atoms with Crippen LogP contribution in [0.15, 0.2) is 30.0 Å². The Bertz CT molecular complexity index is 353. The second-order valence-electron chi connectivity index (χ2n) is 2.36. The van der Waals surface area contributed by atoms with E-state index in [2.05, 4.69) is 17.2 Å². The summed E-state index contributed by atoms with van der Waals surface area (Å²) in [5.74, 6) is 2.02. The molecule has 0 saturated heterocycles. The van der Waals surface area contributed by atoms with Gasteiger partial charge in [0, 0.05) is 0 Å². The van der Waals surface area contributed by atoms with E-state index in [0.29, 0.717) is 18.1 Å². The summed E-state index contributed by atoms with van der Waals surface area (Å²) in [6.07, 6.45) is 0. The van der Waals surface area contributed by atoms with Crippen molar-refractivity contribution in [2.45, 2.75) is 0 Å². The van der Waals surface area contributed by atoms with Crippen LogP contribution in [0, 0.1) is 0 Å². The van der Waals surface area contributed by atoms with Crippen LogP contribution in [0.2, 0.25) is 0 Å². The lowest BCUT2D eigenvalue weighted by molar-refractivity contribution is 0.237. The summed E-state index contributed by atoms with van der Waals surface area (Å²) in [5.41, 5.74) is 0. The summed E-state index contributed by atoms with van der Waals surface area (Å²) < 4.78 is 10.7. The SMILES string of the molecule is S=C=C1COc2ccccc2O1. The van der Waals surface area contributed by atoms with E-state index in [4.69, 9.17) is 9.47 Å². The van der Waals surface area contributed by atoms with Crippen molar-refractivity contribution in [1.29, 1.82) is 0 Å². The second kappa shape index (κ2) is 2.97. The van der Waals surface area contributed by atoms with Gasteiger partial charge in [-0.3, -0.25) is 0 Å². The highest BCUT2D eigenvalue weighted by molar-refractivity contribution is 7.78. The Labute approximate surface area is 75.4 Å². The standard InChI is InChI=1S/C9H6O2S/c12-6-7-5-10-8-3-1-2-4-9(8)11-7/h1-4H,5H2. The molecular weight excluding hydrogens is 172 g/mol. The quantitative estimate of drug-likeness (QED) is 0.566. The first-order valence-corrected chi connectivity index (χ1v) is 3.94. The molecule has 60 valence electrons. The van der Waals surface area contributed by atoms with Gasteiger partial charge in [0.1, 0.15) is 0 Å². The third-order valence-electron chi connectivity index (χ3n) is 1.55. The molecule has 0 bridgehead atoms. The average Bonchev–Trinajstić information content (AvgIpc) is 2.17. The molecule has 0 unspecified atom stereocenters. The molecule has 1 aliphatic rings. The minimum absolute atomic E-state index is 0.376. The number of para-hydroxylation sites is 2. The van der Waals surface area contributed by atoms with Crippen LogP contribution >= 0.6 is 12.2 Å². The Morgan fingerprint density at radius 3 is 2.75 bits per heavy atom. The minimum atomic E-state index is 0.376. The Morgan fingerprint density at radius 2 is 2.00 bits per heavy atom. The van der Waals surface area contributed by atoms with E-state index < -0.39 is 0 Å². The third-order valence-corrected chi connectivity index (χ3v) is 1.78. The van der Waals surface area contributed by atoms with E-state index in [-0.39, 0.29) is 0 Å². The van der Waals surface area contributed by atoms with E-state index in [1.165, 1.54) is 0 Å². The van der Waals surface area contributed by atoms with Gasteiger partial charge in [-0.2, -0.15) is 0 Å². The maximum Gasteiger partial charge on any atom is 0.195 e. The number of ether oxygens (including phenoxy) is 2. The van der Waals surface area contributed by atoms with Crippen molar-refractivity contribution < 1.29 is 9.47 Å². The lowest BCUT2D eigenvalue weighted by atomic mass is 10.3.